The van der Waals surface area contributed by atoms with E-state index >= 15 is 0 Å². The minimum atomic E-state index is -0.139. The highest BCUT2D eigenvalue weighted by molar-refractivity contribution is 5.95. The fourth-order valence-electron chi connectivity index (χ4n) is 2.73. The first kappa shape index (κ1) is 15.8. The molecule has 1 atom stereocenters. The van der Waals surface area contributed by atoms with Gasteiger partial charge < -0.3 is 15.8 Å². The number of carbonyl (C=O) groups is 1. The van der Waals surface area contributed by atoms with Crippen LogP contribution >= 0.6 is 0 Å². The number of rotatable bonds is 4. The minimum Gasteiger partial charge on any atom is -0.399 e. The van der Waals surface area contributed by atoms with Crippen molar-refractivity contribution in [2.75, 3.05) is 31.2 Å². The summed E-state index contributed by atoms with van der Waals surface area (Å²) in [6.07, 6.45) is 2.29. The summed E-state index contributed by atoms with van der Waals surface area (Å²) in [5.41, 5.74) is 8.24. The van der Waals surface area contributed by atoms with Gasteiger partial charge in [-0.25, -0.2) is 0 Å². The van der Waals surface area contributed by atoms with Crippen LogP contribution in [0, 0.1) is 6.92 Å². The molecule has 5 nitrogen and oxygen atoms in total. The number of anilines is 2. The van der Waals surface area contributed by atoms with Crippen molar-refractivity contribution in [1.82, 2.24) is 4.90 Å². The van der Waals surface area contributed by atoms with Gasteiger partial charge >= 0.3 is 0 Å². The van der Waals surface area contributed by atoms with Crippen LogP contribution in [-0.2, 0) is 9.53 Å². The molecule has 1 aromatic carbocycles. The van der Waals surface area contributed by atoms with E-state index in [1.807, 2.05) is 26.0 Å². The number of hydrogen-bond acceptors (Lipinski definition) is 4. The Labute approximate surface area is 126 Å². The number of piperidine rings is 1. The van der Waals surface area contributed by atoms with E-state index in [2.05, 4.69) is 10.2 Å². The molecule has 1 aromatic rings. The molecule has 0 spiro atoms. The zero-order valence-corrected chi connectivity index (χ0v) is 13.1. The molecule has 0 aliphatic carbocycles. The Bertz CT molecular complexity index is 496. The van der Waals surface area contributed by atoms with Crippen LogP contribution < -0.4 is 11.1 Å². The molecule has 5 heteroatoms. The largest absolute Gasteiger partial charge is 0.399 e. The summed E-state index contributed by atoms with van der Waals surface area (Å²) in [7, 11) is 1.75. The van der Waals surface area contributed by atoms with Crippen molar-refractivity contribution in [3.8, 4) is 0 Å². The Kier molecular flexibility index (Phi) is 5.20. The van der Waals surface area contributed by atoms with Gasteiger partial charge in [-0.2, -0.15) is 0 Å². The van der Waals surface area contributed by atoms with Gasteiger partial charge in [-0.3, -0.25) is 9.69 Å². The molecule has 0 saturated carbocycles. The highest BCUT2D eigenvalue weighted by Gasteiger charge is 2.26. The number of carbonyl (C=O) groups excluding carboxylic acids is 1. The quantitative estimate of drug-likeness (QED) is 0.833. The van der Waals surface area contributed by atoms with Gasteiger partial charge in [0.1, 0.15) is 0 Å². The van der Waals surface area contributed by atoms with Crippen LogP contribution in [0.4, 0.5) is 11.4 Å². The molecular weight excluding hydrogens is 266 g/mol. The number of nitrogens with zero attached hydrogens (tertiary/aromatic N) is 1. The number of nitrogens with two attached hydrogens (primary N) is 1. The van der Waals surface area contributed by atoms with E-state index in [0.717, 1.165) is 37.2 Å². The molecule has 21 heavy (non-hydrogen) atoms. The lowest BCUT2D eigenvalue weighted by Gasteiger charge is -2.34. The maximum atomic E-state index is 12.4. The van der Waals surface area contributed by atoms with Crippen molar-refractivity contribution in [3.63, 3.8) is 0 Å². The van der Waals surface area contributed by atoms with Crippen molar-refractivity contribution in [3.05, 3.63) is 23.8 Å². The van der Waals surface area contributed by atoms with Gasteiger partial charge in [0.15, 0.2) is 0 Å². The van der Waals surface area contributed by atoms with E-state index < -0.39 is 0 Å². The first-order chi connectivity index (χ1) is 10.0. The van der Waals surface area contributed by atoms with E-state index in [1.165, 1.54) is 0 Å². The number of amides is 1. The first-order valence-corrected chi connectivity index (χ1v) is 7.45. The normalized spacial score (nSPS) is 18.4. The summed E-state index contributed by atoms with van der Waals surface area (Å²) in [6.45, 7) is 5.69. The smallest absolute Gasteiger partial charge is 0.241 e. The molecule has 3 N–H and O–H groups in total. The van der Waals surface area contributed by atoms with Gasteiger partial charge in [0.25, 0.3) is 0 Å². The number of benzene rings is 1. The zero-order chi connectivity index (χ0) is 15.4. The average Bonchev–Trinajstić information content (AvgIpc) is 2.49. The molecule has 1 aliphatic rings. The van der Waals surface area contributed by atoms with Crippen LogP contribution in [0.25, 0.3) is 0 Å². The van der Waals surface area contributed by atoms with Gasteiger partial charge in [-0.1, -0.05) is 0 Å². The van der Waals surface area contributed by atoms with Gasteiger partial charge in [-0.15, -0.1) is 0 Å². The Hall–Kier alpha value is -1.59. The minimum absolute atomic E-state index is 0.0266. The second kappa shape index (κ2) is 6.91. The van der Waals surface area contributed by atoms with Crippen LogP contribution in [0.15, 0.2) is 18.2 Å². The summed E-state index contributed by atoms with van der Waals surface area (Å²) in [4.78, 5) is 14.6. The third-order valence-corrected chi connectivity index (χ3v) is 4.25. The lowest BCUT2D eigenvalue weighted by molar-refractivity contribution is -0.121. The van der Waals surface area contributed by atoms with Crippen molar-refractivity contribution in [2.45, 2.75) is 38.8 Å². The molecule has 2 rings (SSSR count). The SMILES string of the molecule is COC1CCN(C(C)C(=O)Nc2ccc(N)cc2C)CC1. The molecule has 116 valence electrons. The monoisotopic (exact) mass is 291 g/mol. The summed E-state index contributed by atoms with van der Waals surface area (Å²) in [5.74, 6) is 0.0266. The van der Waals surface area contributed by atoms with Gasteiger partial charge in [0, 0.05) is 31.6 Å². The zero-order valence-electron chi connectivity index (χ0n) is 13.1. The van der Waals surface area contributed by atoms with Crippen LogP contribution in [-0.4, -0.2) is 43.2 Å². The summed E-state index contributed by atoms with van der Waals surface area (Å²) in [6, 6.07) is 5.38. The second-order valence-corrected chi connectivity index (χ2v) is 5.71. The maximum Gasteiger partial charge on any atom is 0.241 e. The van der Waals surface area contributed by atoms with Crippen LogP contribution in [0.2, 0.25) is 0 Å². The third kappa shape index (κ3) is 3.95. The molecule has 0 aromatic heterocycles. The van der Waals surface area contributed by atoms with Crippen molar-refractivity contribution < 1.29 is 9.53 Å². The molecule has 0 bridgehead atoms. The van der Waals surface area contributed by atoms with Gasteiger partial charge in [-0.05, 0) is 50.5 Å². The summed E-state index contributed by atoms with van der Waals surface area (Å²) >= 11 is 0. The predicted molar refractivity (Wildman–Crippen MR) is 85.3 cm³/mol. The molecule has 1 aliphatic heterocycles. The fourth-order valence-corrected chi connectivity index (χ4v) is 2.73. The van der Waals surface area contributed by atoms with Crippen molar-refractivity contribution in [1.29, 1.82) is 0 Å². The number of nitrogens with one attached hydrogen (secondary N) is 1. The summed E-state index contributed by atoms with van der Waals surface area (Å²) < 4.78 is 5.36. The molecule has 1 heterocycles. The molecule has 0 radical (unpaired) electrons. The lowest BCUT2D eigenvalue weighted by atomic mass is 10.1. The number of nitrogen functional groups attached to an aromatic ring is 1. The lowest BCUT2D eigenvalue weighted by Crippen LogP contribution is -2.47. The number of methoxy groups -OCH3 is 1. The van der Waals surface area contributed by atoms with E-state index in [0.29, 0.717) is 11.8 Å². The topological polar surface area (TPSA) is 67.6 Å². The molecule has 1 amide bonds. The second-order valence-electron chi connectivity index (χ2n) is 5.71. The van der Waals surface area contributed by atoms with Crippen LogP contribution in [0.3, 0.4) is 0 Å². The Balaban J connectivity index is 1.93. The number of likely N-dealkylation sites (tertiary alicyclic amines) is 1. The highest BCUT2D eigenvalue weighted by atomic mass is 16.5. The number of aryl methyl sites for hydroxylation is 1. The highest BCUT2D eigenvalue weighted by Crippen LogP contribution is 2.20. The average molecular weight is 291 g/mol. The van der Waals surface area contributed by atoms with Crippen LogP contribution in [0.5, 0.6) is 0 Å². The molecular formula is C16H25N3O2. The molecule has 1 saturated heterocycles. The Morgan fingerprint density at radius 1 is 1.43 bits per heavy atom. The third-order valence-electron chi connectivity index (χ3n) is 4.25. The van der Waals surface area contributed by atoms with Crippen molar-refractivity contribution in [2.24, 2.45) is 0 Å². The fraction of sp³-hybridized carbons (Fsp3) is 0.562. The van der Waals surface area contributed by atoms with E-state index in [9.17, 15) is 4.79 Å². The Morgan fingerprint density at radius 2 is 2.10 bits per heavy atom. The number of ether oxygens (including phenoxy) is 1. The van der Waals surface area contributed by atoms with E-state index in [4.69, 9.17) is 10.5 Å². The van der Waals surface area contributed by atoms with Gasteiger partial charge in [0.2, 0.25) is 5.91 Å². The van der Waals surface area contributed by atoms with E-state index in [-0.39, 0.29) is 11.9 Å². The van der Waals surface area contributed by atoms with E-state index in [1.54, 1.807) is 13.2 Å². The first-order valence-electron chi connectivity index (χ1n) is 7.45. The Morgan fingerprint density at radius 3 is 2.67 bits per heavy atom. The number of hydrogen-bond donors (Lipinski definition) is 2. The standard InChI is InChI=1S/C16H25N3O2/c1-11-10-13(17)4-5-15(11)18-16(20)12(2)19-8-6-14(21-3)7-9-19/h4-5,10,12,14H,6-9,17H2,1-3H3,(H,18,20). The molecule has 1 fully saturated rings. The van der Waals surface area contributed by atoms with Crippen molar-refractivity contribution >= 4 is 17.3 Å². The predicted octanol–water partition coefficient (Wildman–Crippen LogP) is 2.02. The van der Waals surface area contributed by atoms with Crippen LogP contribution in [0.1, 0.15) is 25.3 Å². The summed E-state index contributed by atoms with van der Waals surface area (Å²) in [5, 5.41) is 2.99. The molecule has 1 unspecified atom stereocenters. The maximum absolute atomic E-state index is 12.4. The van der Waals surface area contributed by atoms with Gasteiger partial charge in [0.05, 0.1) is 12.1 Å².